The Bertz CT molecular complexity index is 1280. The minimum Gasteiger partial charge on any atom is -0.505 e. The first kappa shape index (κ1) is 31.4. The summed E-state index contributed by atoms with van der Waals surface area (Å²) in [6, 6.07) is 7.67. The molecule has 0 spiro atoms. The number of nitrogens with one attached hydrogen (secondary N) is 2. The fourth-order valence-corrected chi connectivity index (χ4v) is 5.44. The van der Waals surface area contributed by atoms with Gasteiger partial charge in [0.1, 0.15) is 17.3 Å². The zero-order chi connectivity index (χ0) is 30.3. The Morgan fingerprint density at radius 3 is 2.37 bits per heavy atom. The second kappa shape index (κ2) is 14.0. The highest BCUT2D eigenvalue weighted by Crippen LogP contribution is 2.44. The number of rotatable bonds is 13. The molecule has 0 heterocycles. The summed E-state index contributed by atoms with van der Waals surface area (Å²) in [5.41, 5.74) is 7.08. The molecule has 0 aromatic heterocycles. The second-order valence-corrected chi connectivity index (χ2v) is 10.5. The number of methoxy groups -OCH3 is 1. The number of Topliss-reactive ketones (excluding diaryl/α,β-unsaturated/α-hetero) is 2. The van der Waals surface area contributed by atoms with Crippen LogP contribution in [0.2, 0.25) is 0 Å². The number of ketones is 2. The number of urea groups is 1. The van der Waals surface area contributed by atoms with E-state index in [0.29, 0.717) is 35.5 Å². The van der Waals surface area contributed by atoms with Crippen molar-refractivity contribution >= 4 is 40.6 Å². The lowest BCUT2D eigenvalue weighted by atomic mass is 9.73. The van der Waals surface area contributed by atoms with Gasteiger partial charge in [0.25, 0.3) is 0 Å². The molecule has 1 aliphatic rings. The molecule has 12 heteroatoms. The predicted molar refractivity (Wildman–Crippen MR) is 153 cm³/mol. The average molecular weight is 571 g/mol. The SMILES string of the molecule is COc1ccc(NC(=O)Nc2cc(N(C)C)c3c(c2O)C(=O)CC(CC(CCO)C(CO)C(=O)CC(N)=O)C3)cc1. The van der Waals surface area contributed by atoms with E-state index in [4.69, 9.17) is 10.5 Å². The number of benzene rings is 2. The molecule has 0 saturated heterocycles. The van der Waals surface area contributed by atoms with E-state index in [1.54, 1.807) is 49.3 Å². The number of nitrogens with zero attached hydrogens (tertiary/aromatic N) is 1. The van der Waals surface area contributed by atoms with Crippen molar-refractivity contribution in [3.63, 3.8) is 0 Å². The van der Waals surface area contributed by atoms with Gasteiger partial charge in [-0.15, -0.1) is 0 Å². The number of nitrogens with two attached hydrogens (primary N) is 1. The van der Waals surface area contributed by atoms with Crippen LogP contribution in [0.5, 0.6) is 11.5 Å². The lowest BCUT2D eigenvalue weighted by molar-refractivity contribution is -0.131. The molecule has 12 nitrogen and oxygen atoms in total. The van der Waals surface area contributed by atoms with E-state index in [1.165, 1.54) is 7.11 Å². The third-order valence-corrected chi connectivity index (χ3v) is 7.37. The number of aliphatic hydroxyl groups is 2. The number of carbonyl (C=O) groups excluding carboxylic acids is 4. The molecule has 3 unspecified atom stereocenters. The number of carbonyl (C=O) groups is 4. The minimum atomic E-state index is -0.899. The molecule has 0 aliphatic heterocycles. The van der Waals surface area contributed by atoms with Gasteiger partial charge >= 0.3 is 6.03 Å². The van der Waals surface area contributed by atoms with Crippen LogP contribution in [0.1, 0.15) is 41.6 Å². The van der Waals surface area contributed by atoms with Gasteiger partial charge < -0.3 is 41.3 Å². The number of aliphatic hydroxyl groups excluding tert-OH is 2. The van der Waals surface area contributed by atoms with Crippen LogP contribution in [0.15, 0.2) is 30.3 Å². The summed E-state index contributed by atoms with van der Waals surface area (Å²) in [4.78, 5) is 51.7. The Labute approximate surface area is 238 Å². The van der Waals surface area contributed by atoms with Crippen LogP contribution in [0, 0.1) is 17.8 Å². The highest BCUT2D eigenvalue weighted by Gasteiger charge is 2.36. The van der Waals surface area contributed by atoms with E-state index >= 15 is 0 Å². The molecule has 41 heavy (non-hydrogen) atoms. The number of ether oxygens (including phenoxy) is 1. The van der Waals surface area contributed by atoms with E-state index in [0.717, 1.165) is 0 Å². The van der Waals surface area contributed by atoms with Gasteiger partial charge in [-0.3, -0.25) is 14.4 Å². The summed E-state index contributed by atoms with van der Waals surface area (Å²) >= 11 is 0. The summed E-state index contributed by atoms with van der Waals surface area (Å²) in [5.74, 6) is -2.97. The molecule has 222 valence electrons. The molecule has 0 radical (unpaired) electrons. The summed E-state index contributed by atoms with van der Waals surface area (Å²) in [6.07, 6.45) is 0.453. The monoisotopic (exact) mass is 570 g/mol. The Morgan fingerprint density at radius 2 is 1.80 bits per heavy atom. The van der Waals surface area contributed by atoms with Crippen LogP contribution in [-0.4, -0.2) is 73.2 Å². The van der Waals surface area contributed by atoms with E-state index in [2.05, 4.69) is 10.6 Å². The Balaban J connectivity index is 1.86. The number of phenols is 1. The highest BCUT2D eigenvalue weighted by molar-refractivity contribution is 6.08. The molecule has 3 amide bonds. The number of primary amides is 1. The molecule has 3 atom stereocenters. The van der Waals surface area contributed by atoms with Gasteiger partial charge in [-0.05, 0) is 67.0 Å². The molecule has 0 fully saturated rings. The van der Waals surface area contributed by atoms with Gasteiger partial charge in [-0.1, -0.05) is 0 Å². The Hall–Kier alpha value is -4.16. The smallest absolute Gasteiger partial charge is 0.323 e. The molecular weight excluding hydrogens is 532 g/mol. The standard InChI is InChI=1S/C29H38N4O8/c1-33(2)23-13-22(32-29(40)31-18-4-6-19(41-3)7-5-18)28(39)27-20(23)11-16(12-25(27)37)10-17(8-9-34)21(15-35)24(36)14-26(30)38/h4-7,13,16-17,21,34-35,39H,8-12,14-15H2,1-3H3,(H2,30,38)(H2,31,32,40). The van der Waals surface area contributed by atoms with Crippen LogP contribution in [0.3, 0.4) is 0 Å². The first-order valence-corrected chi connectivity index (χ1v) is 13.3. The summed E-state index contributed by atoms with van der Waals surface area (Å²) in [7, 11) is 5.09. The van der Waals surface area contributed by atoms with E-state index in [1.807, 2.05) is 0 Å². The maximum Gasteiger partial charge on any atom is 0.323 e. The molecule has 1 aliphatic carbocycles. The van der Waals surface area contributed by atoms with Gasteiger partial charge in [-0.2, -0.15) is 0 Å². The number of hydrogen-bond acceptors (Lipinski definition) is 9. The van der Waals surface area contributed by atoms with Crippen LogP contribution in [0.4, 0.5) is 21.9 Å². The van der Waals surface area contributed by atoms with Crippen LogP contribution < -0.4 is 26.0 Å². The van der Waals surface area contributed by atoms with Crippen molar-refractivity contribution in [1.29, 1.82) is 0 Å². The number of anilines is 3. The molecule has 2 aromatic rings. The highest BCUT2D eigenvalue weighted by atomic mass is 16.5. The van der Waals surface area contributed by atoms with E-state index < -0.39 is 42.6 Å². The van der Waals surface area contributed by atoms with Gasteiger partial charge in [0, 0.05) is 44.4 Å². The number of amides is 3. The lowest BCUT2D eigenvalue weighted by Gasteiger charge is -2.33. The molecule has 2 aromatic carbocycles. The molecular formula is C29H38N4O8. The third-order valence-electron chi connectivity index (χ3n) is 7.37. The van der Waals surface area contributed by atoms with E-state index in [-0.39, 0.29) is 48.2 Å². The predicted octanol–water partition coefficient (Wildman–Crippen LogP) is 2.30. The normalized spacial score (nSPS) is 15.8. The Kier molecular flexibility index (Phi) is 10.7. The van der Waals surface area contributed by atoms with Crippen molar-refractivity contribution < 1.29 is 39.2 Å². The molecule has 0 bridgehead atoms. The van der Waals surface area contributed by atoms with Gasteiger partial charge in [0.05, 0.1) is 31.4 Å². The lowest BCUT2D eigenvalue weighted by Crippen LogP contribution is -2.34. The van der Waals surface area contributed by atoms with Gasteiger partial charge in [0.15, 0.2) is 5.78 Å². The first-order chi connectivity index (χ1) is 19.5. The van der Waals surface area contributed by atoms with Crippen molar-refractivity contribution in [2.24, 2.45) is 23.5 Å². The number of aromatic hydroxyl groups is 1. The third kappa shape index (κ3) is 7.74. The zero-order valence-electron chi connectivity index (χ0n) is 23.5. The van der Waals surface area contributed by atoms with Gasteiger partial charge in [-0.25, -0.2) is 4.79 Å². The topological polar surface area (TPSA) is 192 Å². The maximum atomic E-state index is 13.4. The fraction of sp³-hybridized carbons (Fsp3) is 0.448. The van der Waals surface area contributed by atoms with Gasteiger partial charge in [0.2, 0.25) is 5.91 Å². The quantitative estimate of drug-likeness (QED) is 0.155. The number of fused-ring (bicyclic) bond motifs is 1. The fourth-order valence-electron chi connectivity index (χ4n) is 5.44. The minimum absolute atomic E-state index is 0.0546. The number of phenolic OH excluding ortho intramolecular Hbond substituents is 1. The molecule has 7 N–H and O–H groups in total. The van der Waals surface area contributed by atoms with Crippen molar-refractivity contribution in [2.45, 2.75) is 32.1 Å². The first-order valence-electron chi connectivity index (χ1n) is 13.3. The van der Waals surface area contributed by atoms with Crippen LogP contribution in [0.25, 0.3) is 0 Å². The maximum absolute atomic E-state index is 13.4. The van der Waals surface area contributed by atoms with Crippen molar-refractivity contribution in [3.8, 4) is 11.5 Å². The van der Waals surface area contributed by atoms with Crippen LogP contribution >= 0.6 is 0 Å². The average Bonchev–Trinajstić information content (AvgIpc) is 2.90. The summed E-state index contributed by atoms with van der Waals surface area (Å²) < 4.78 is 5.11. The van der Waals surface area contributed by atoms with Crippen molar-refractivity contribution in [2.75, 3.05) is 50.0 Å². The van der Waals surface area contributed by atoms with Crippen molar-refractivity contribution in [3.05, 3.63) is 41.5 Å². The summed E-state index contributed by atoms with van der Waals surface area (Å²) in [5, 5.41) is 35.9. The Morgan fingerprint density at radius 1 is 1.12 bits per heavy atom. The van der Waals surface area contributed by atoms with Crippen molar-refractivity contribution in [1.82, 2.24) is 0 Å². The van der Waals surface area contributed by atoms with Crippen LogP contribution in [-0.2, 0) is 16.0 Å². The summed E-state index contributed by atoms with van der Waals surface area (Å²) in [6.45, 7) is -0.745. The second-order valence-electron chi connectivity index (χ2n) is 10.5. The number of hydrogen-bond donors (Lipinski definition) is 6. The largest absolute Gasteiger partial charge is 0.505 e. The molecule has 0 saturated carbocycles. The zero-order valence-corrected chi connectivity index (χ0v) is 23.5. The molecule has 3 rings (SSSR count). The van der Waals surface area contributed by atoms with E-state index in [9.17, 15) is 34.5 Å².